The summed E-state index contributed by atoms with van der Waals surface area (Å²) in [5.41, 5.74) is 4.11. The highest BCUT2D eigenvalue weighted by molar-refractivity contribution is 7.92. The molecule has 7 nitrogen and oxygen atoms in total. The molecule has 0 saturated heterocycles. The lowest BCUT2D eigenvalue weighted by atomic mass is 9.98. The van der Waals surface area contributed by atoms with Gasteiger partial charge in [0, 0.05) is 43.8 Å². The Hall–Kier alpha value is -3.36. The third kappa shape index (κ3) is 5.08. The third-order valence-corrected chi connectivity index (χ3v) is 7.27. The first-order valence-corrected chi connectivity index (χ1v) is 12.5. The van der Waals surface area contributed by atoms with Crippen LogP contribution in [0, 0.1) is 0 Å². The Morgan fingerprint density at radius 1 is 1.00 bits per heavy atom. The zero-order valence-electron chi connectivity index (χ0n) is 19.1. The van der Waals surface area contributed by atoms with Crippen molar-refractivity contribution < 1.29 is 13.2 Å². The van der Waals surface area contributed by atoms with Gasteiger partial charge in [0.25, 0.3) is 10.0 Å². The maximum absolute atomic E-state index is 12.6. The van der Waals surface area contributed by atoms with Crippen molar-refractivity contribution in [2.75, 3.05) is 23.7 Å². The molecule has 4 rings (SSSR count). The van der Waals surface area contributed by atoms with Crippen molar-refractivity contribution >= 4 is 44.6 Å². The van der Waals surface area contributed by atoms with Gasteiger partial charge in [-0.15, -0.1) is 0 Å². The number of sulfonamides is 1. The summed E-state index contributed by atoms with van der Waals surface area (Å²) in [6.07, 6.45) is 0.566. The first-order valence-electron chi connectivity index (χ1n) is 10.7. The Morgan fingerprint density at radius 3 is 2.18 bits per heavy atom. The molecule has 0 spiro atoms. The molecule has 1 heterocycles. The van der Waals surface area contributed by atoms with E-state index in [9.17, 15) is 13.2 Å². The predicted molar refractivity (Wildman–Crippen MR) is 136 cm³/mol. The summed E-state index contributed by atoms with van der Waals surface area (Å²) in [5.74, 6) is -0.135. The van der Waals surface area contributed by atoms with E-state index in [1.807, 2.05) is 43.3 Å². The monoisotopic (exact) mass is 496 g/mol. The first kappa shape index (κ1) is 23.8. The number of nitrogens with zero attached hydrogens (tertiary/aromatic N) is 3. The van der Waals surface area contributed by atoms with Crippen molar-refractivity contribution in [3.63, 3.8) is 0 Å². The van der Waals surface area contributed by atoms with E-state index >= 15 is 0 Å². The van der Waals surface area contributed by atoms with E-state index in [4.69, 9.17) is 11.6 Å². The van der Waals surface area contributed by atoms with Gasteiger partial charge in [0.1, 0.15) is 0 Å². The Kier molecular flexibility index (Phi) is 6.63. The van der Waals surface area contributed by atoms with Gasteiger partial charge in [-0.25, -0.2) is 13.4 Å². The normalized spacial score (nSPS) is 15.7. The molecule has 3 aromatic rings. The van der Waals surface area contributed by atoms with E-state index in [1.165, 1.54) is 36.2 Å². The van der Waals surface area contributed by atoms with Crippen molar-refractivity contribution in [2.24, 2.45) is 5.10 Å². The van der Waals surface area contributed by atoms with Gasteiger partial charge >= 0.3 is 0 Å². The second-order valence-electron chi connectivity index (χ2n) is 8.25. The van der Waals surface area contributed by atoms with Crippen LogP contribution in [0.25, 0.3) is 0 Å². The summed E-state index contributed by atoms with van der Waals surface area (Å²) in [6.45, 7) is 1.50. The average molecular weight is 497 g/mol. The molecule has 1 aliphatic rings. The zero-order valence-corrected chi connectivity index (χ0v) is 20.6. The van der Waals surface area contributed by atoms with Crippen LogP contribution in [-0.2, 0) is 14.8 Å². The van der Waals surface area contributed by atoms with Gasteiger partial charge < -0.3 is 4.90 Å². The topological polar surface area (TPSA) is 82.1 Å². The fraction of sp³-hybridized carbons (Fsp3) is 0.200. The smallest absolute Gasteiger partial charge is 0.261 e. The molecule has 0 radical (unpaired) electrons. The lowest BCUT2D eigenvalue weighted by Crippen LogP contribution is -2.24. The van der Waals surface area contributed by atoms with E-state index in [0.29, 0.717) is 17.1 Å². The number of hydrogen-bond donors (Lipinski definition) is 1. The lowest BCUT2D eigenvalue weighted by Gasteiger charge is -2.21. The molecule has 1 N–H and O–H groups in total. The number of carbonyl (C=O) groups is 1. The van der Waals surface area contributed by atoms with Crippen LogP contribution in [-0.4, -0.2) is 39.1 Å². The quantitative estimate of drug-likeness (QED) is 0.526. The number of amides is 1. The average Bonchev–Trinajstić information content (AvgIpc) is 3.25. The van der Waals surface area contributed by atoms with Gasteiger partial charge in [0.15, 0.2) is 0 Å². The van der Waals surface area contributed by atoms with Gasteiger partial charge in [-0.3, -0.25) is 9.52 Å². The SMILES string of the molecule is CC(=O)N1N=C(c2ccc(NS(=O)(=O)c3ccc(Cl)cc3)cc2)CC1c1ccc(N(C)C)cc1. The molecule has 9 heteroatoms. The van der Waals surface area contributed by atoms with Gasteiger partial charge in [0.05, 0.1) is 16.6 Å². The van der Waals surface area contributed by atoms with Crippen LogP contribution in [0.3, 0.4) is 0 Å². The molecule has 0 aromatic heterocycles. The minimum absolute atomic E-state index is 0.126. The van der Waals surface area contributed by atoms with Crippen molar-refractivity contribution in [1.82, 2.24) is 5.01 Å². The van der Waals surface area contributed by atoms with Gasteiger partial charge in [-0.05, 0) is 59.7 Å². The fourth-order valence-electron chi connectivity index (χ4n) is 3.79. The maximum Gasteiger partial charge on any atom is 0.261 e. The Balaban J connectivity index is 1.52. The fourth-order valence-corrected chi connectivity index (χ4v) is 4.97. The van der Waals surface area contributed by atoms with Gasteiger partial charge in [0.2, 0.25) is 5.91 Å². The van der Waals surface area contributed by atoms with Crippen LogP contribution in [0.5, 0.6) is 0 Å². The highest BCUT2D eigenvalue weighted by Gasteiger charge is 2.31. The Bertz CT molecular complexity index is 1320. The molecule has 0 fully saturated rings. The van der Waals surface area contributed by atoms with Crippen LogP contribution in [0.15, 0.2) is 82.8 Å². The van der Waals surface area contributed by atoms with Gasteiger partial charge in [-0.1, -0.05) is 35.9 Å². The number of carbonyl (C=O) groups excluding carboxylic acids is 1. The second kappa shape index (κ2) is 9.48. The second-order valence-corrected chi connectivity index (χ2v) is 10.4. The summed E-state index contributed by atoms with van der Waals surface area (Å²) < 4.78 is 27.8. The molecule has 0 aliphatic carbocycles. The van der Waals surface area contributed by atoms with E-state index in [0.717, 1.165) is 22.5 Å². The summed E-state index contributed by atoms with van der Waals surface area (Å²) >= 11 is 5.85. The molecule has 3 aromatic carbocycles. The Morgan fingerprint density at radius 2 is 1.62 bits per heavy atom. The molecule has 1 amide bonds. The molecule has 0 saturated carbocycles. The van der Waals surface area contributed by atoms with Crippen LogP contribution in [0.4, 0.5) is 11.4 Å². The molecular formula is C25H25ClN4O3S. The predicted octanol–water partition coefficient (Wildman–Crippen LogP) is 4.90. The molecular weight excluding hydrogens is 472 g/mol. The molecule has 1 unspecified atom stereocenters. The molecule has 1 aliphatic heterocycles. The minimum atomic E-state index is -3.73. The number of halogens is 1. The number of hydrogen-bond acceptors (Lipinski definition) is 5. The zero-order chi connectivity index (χ0) is 24.5. The van der Waals surface area contributed by atoms with Crippen molar-refractivity contribution in [3.05, 3.63) is 88.9 Å². The number of nitrogens with one attached hydrogen (secondary N) is 1. The third-order valence-electron chi connectivity index (χ3n) is 5.62. The minimum Gasteiger partial charge on any atom is -0.378 e. The standard InChI is InChI=1S/C25H25ClN4O3S/c1-17(31)30-25(19-6-12-22(13-7-19)29(2)3)16-24(27-30)18-4-10-21(11-5-18)28-34(32,33)23-14-8-20(26)9-15-23/h4-15,25,28H,16H2,1-3H3. The number of anilines is 2. The van der Waals surface area contributed by atoms with Crippen molar-refractivity contribution in [3.8, 4) is 0 Å². The summed E-state index contributed by atoms with van der Waals surface area (Å²) in [6, 6.07) is 20.8. The number of benzene rings is 3. The van der Waals surface area contributed by atoms with Crippen LogP contribution in [0.1, 0.15) is 30.5 Å². The van der Waals surface area contributed by atoms with Crippen molar-refractivity contribution in [2.45, 2.75) is 24.3 Å². The van der Waals surface area contributed by atoms with Crippen LogP contribution in [0.2, 0.25) is 5.02 Å². The summed E-state index contributed by atoms with van der Waals surface area (Å²) in [7, 11) is 0.226. The van der Waals surface area contributed by atoms with E-state index in [1.54, 1.807) is 24.3 Å². The van der Waals surface area contributed by atoms with E-state index in [-0.39, 0.29) is 16.8 Å². The molecule has 0 bridgehead atoms. The van der Waals surface area contributed by atoms with E-state index < -0.39 is 10.0 Å². The maximum atomic E-state index is 12.6. The molecule has 176 valence electrons. The largest absolute Gasteiger partial charge is 0.378 e. The van der Waals surface area contributed by atoms with Crippen LogP contribution < -0.4 is 9.62 Å². The highest BCUT2D eigenvalue weighted by Crippen LogP contribution is 2.34. The van der Waals surface area contributed by atoms with E-state index in [2.05, 4.69) is 9.82 Å². The molecule has 34 heavy (non-hydrogen) atoms. The summed E-state index contributed by atoms with van der Waals surface area (Å²) in [4.78, 5) is 14.4. The van der Waals surface area contributed by atoms with Crippen LogP contribution >= 0.6 is 11.6 Å². The Labute approximate surface area is 204 Å². The summed E-state index contributed by atoms with van der Waals surface area (Å²) in [5, 5.41) is 6.55. The van der Waals surface area contributed by atoms with Gasteiger partial charge in [-0.2, -0.15) is 5.10 Å². The lowest BCUT2D eigenvalue weighted by molar-refractivity contribution is -0.130. The highest BCUT2D eigenvalue weighted by atomic mass is 35.5. The number of hydrazone groups is 1. The molecule has 1 atom stereocenters. The first-order chi connectivity index (χ1) is 16.1. The number of rotatable bonds is 6. The van der Waals surface area contributed by atoms with Crippen molar-refractivity contribution in [1.29, 1.82) is 0 Å².